The number of carbonyl (C=O) groups excluding carboxylic acids is 2. The van der Waals surface area contributed by atoms with E-state index in [1.807, 2.05) is 43.5 Å². The fourth-order valence-electron chi connectivity index (χ4n) is 4.79. The van der Waals surface area contributed by atoms with Gasteiger partial charge in [0, 0.05) is 29.9 Å². The maximum absolute atomic E-state index is 14.4. The third-order valence-electron chi connectivity index (χ3n) is 7.15. The number of nitrogens with zero attached hydrogens (tertiary/aromatic N) is 2. The van der Waals surface area contributed by atoms with Gasteiger partial charge in [-0.15, -0.1) is 11.8 Å². The van der Waals surface area contributed by atoms with Crippen molar-refractivity contribution in [3.8, 4) is 5.75 Å². The van der Waals surface area contributed by atoms with Gasteiger partial charge in [0.1, 0.15) is 18.3 Å². The van der Waals surface area contributed by atoms with Crippen molar-refractivity contribution in [1.29, 1.82) is 0 Å². The van der Waals surface area contributed by atoms with E-state index in [0.717, 1.165) is 20.3 Å². The molecular formula is C34H36ClN3O5S2. The van der Waals surface area contributed by atoms with E-state index in [1.165, 1.54) is 35.8 Å². The molecule has 2 amide bonds. The van der Waals surface area contributed by atoms with Crippen LogP contribution in [0.2, 0.25) is 5.02 Å². The zero-order chi connectivity index (χ0) is 32.4. The Kier molecular flexibility index (Phi) is 11.9. The van der Waals surface area contributed by atoms with Gasteiger partial charge in [0.15, 0.2) is 0 Å². The second kappa shape index (κ2) is 15.8. The minimum absolute atomic E-state index is 0.0402. The molecule has 1 N–H and O–H groups in total. The molecule has 45 heavy (non-hydrogen) atoms. The Hall–Kier alpha value is -3.99. The highest BCUT2D eigenvalue weighted by Crippen LogP contribution is 2.28. The maximum atomic E-state index is 14.4. The van der Waals surface area contributed by atoms with Crippen LogP contribution in [-0.4, -0.2) is 57.6 Å². The molecule has 0 aliphatic rings. The minimum atomic E-state index is -4.20. The van der Waals surface area contributed by atoms with Gasteiger partial charge in [0.2, 0.25) is 11.8 Å². The van der Waals surface area contributed by atoms with Crippen LogP contribution in [0.5, 0.6) is 5.75 Å². The second-order valence-electron chi connectivity index (χ2n) is 10.1. The van der Waals surface area contributed by atoms with Crippen LogP contribution >= 0.6 is 23.4 Å². The summed E-state index contributed by atoms with van der Waals surface area (Å²) in [5.74, 6) is -0.349. The van der Waals surface area contributed by atoms with Gasteiger partial charge < -0.3 is 15.0 Å². The molecule has 8 nitrogen and oxygen atoms in total. The molecule has 0 fully saturated rings. The lowest BCUT2D eigenvalue weighted by Gasteiger charge is -2.33. The molecule has 0 unspecified atom stereocenters. The summed E-state index contributed by atoms with van der Waals surface area (Å²) in [4.78, 5) is 30.1. The molecule has 4 rings (SSSR count). The highest BCUT2D eigenvalue weighted by Gasteiger charge is 2.34. The van der Waals surface area contributed by atoms with Gasteiger partial charge in [-0.1, -0.05) is 54.1 Å². The number of anilines is 1. The molecule has 0 aromatic heterocycles. The molecule has 0 aliphatic heterocycles. The number of thioether (sulfide) groups is 1. The number of rotatable bonds is 14. The van der Waals surface area contributed by atoms with Crippen molar-refractivity contribution in [2.24, 2.45) is 0 Å². The third kappa shape index (κ3) is 8.81. The largest absolute Gasteiger partial charge is 0.494 e. The molecule has 0 saturated carbocycles. The molecule has 236 valence electrons. The summed E-state index contributed by atoms with van der Waals surface area (Å²) in [6, 6.07) is 28.5. The van der Waals surface area contributed by atoms with Crippen LogP contribution in [0.25, 0.3) is 0 Å². The Bertz CT molecular complexity index is 1670. The molecule has 0 radical (unpaired) electrons. The van der Waals surface area contributed by atoms with Crippen LogP contribution in [0.4, 0.5) is 5.69 Å². The number of sulfonamides is 1. The van der Waals surface area contributed by atoms with Crippen LogP contribution in [-0.2, 0) is 32.6 Å². The number of benzene rings is 4. The zero-order valence-corrected chi connectivity index (χ0v) is 27.7. The van der Waals surface area contributed by atoms with E-state index in [4.69, 9.17) is 16.3 Å². The highest BCUT2D eigenvalue weighted by atomic mass is 35.5. The number of carbonyl (C=O) groups is 2. The quantitative estimate of drug-likeness (QED) is 0.165. The molecule has 4 aromatic rings. The van der Waals surface area contributed by atoms with Gasteiger partial charge in [0.25, 0.3) is 10.0 Å². The summed E-state index contributed by atoms with van der Waals surface area (Å²) in [6.45, 7) is 1.82. The molecule has 0 spiro atoms. The lowest BCUT2D eigenvalue weighted by atomic mass is 10.0. The van der Waals surface area contributed by atoms with Gasteiger partial charge in [-0.2, -0.15) is 0 Å². The first kappa shape index (κ1) is 33.9. The second-order valence-corrected chi connectivity index (χ2v) is 13.3. The van der Waals surface area contributed by atoms with Crippen LogP contribution in [0.1, 0.15) is 18.1 Å². The number of hydrogen-bond donors (Lipinski definition) is 1. The number of nitrogens with one attached hydrogen (secondary N) is 1. The number of hydrogen-bond acceptors (Lipinski definition) is 6. The summed E-state index contributed by atoms with van der Waals surface area (Å²) < 4.78 is 35.0. The monoisotopic (exact) mass is 665 g/mol. The van der Waals surface area contributed by atoms with Crippen molar-refractivity contribution in [2.45, 2.75) is 35.7 Å². The van der Waals surface area contributed by atoms with E-state index in [9.17, 15) is 18.0 Å². The Morgan fingerprint density at radius 2 is 1.53 bits per heavy atom. The van der Waals surface area contributed by atoms with Crippen LogP contribution < -0.4 is 14.4 Å². The Morgan fingerprint density at radius 1 is 0.889 bits per heavy atom. The molecular weight excluding hydrogens is 630 g/mol. The third-order valence-corrected chi connectivity index (χ3v) is 9.93. The van der Waals surface area contributed by atoms with Gasteiger partial charge in [-0.05, 0) is 85.0 Å². The fraction of sp³-hybridized carbons (Fsp3) is 0.235. The SMILES string of the molecule is CCOc1ccc(N(CC(=O)N(Cc2ccc(Cl)cc2)[C@H](Cc2ccccc2)C(=O)NC)S(=O)(=O)c2ccc(SC)cc2)cc1. The maximum Gasteiger partial charge on any atom is 0.264 e. The summed E-state index contributed by atoms with van der Waals surface area (Å²) in [5, 5.41) is 3.22. The number of likely N-dealkylation sites (N-methyl/N-ethyl adjacent to an activating group) is 1. The first-order valence-corrected chi connectivity index (χ1v) is 17.4. The summed E-state index contributed by atoms with van der Waals surface area (Å²) in [6.07, 6.45) is 2.13. The van der Waals surface area contributed by atoms with E-state index >= 15 is 0 Å². The van der Waals surface area contributed by atoms with E-state index in [0.29, 0.717) is 17.4 Å². The van der Waals surface area contributed by atoms with Crippen molar-refractivity contribution in [1.82, 2.24) is 10.2 Å². The fourth-order valence-corrected chi connectivity index (χ4v) is 6.73. The molecule has 0 aliphatic carbocycles. The Balaban J connectivity index is 1.78. The van der Waals surface area contributed by atoms with Crippen LogP contribution in [0, 0.1) is 0 Å². The van der Waals surface area contributed by atoms with Crippen molar-refractivity contribution in [3.63, 3.8) is 0 Å². The normalized spacial score (nSPS) is 11.8. The van der Waals surface area contributed by atoms with Gasteiger partial charge in [-0.3, -0.25) is 13.9 Å². The van der Waals surface area contributed by atoms with Crippen LogP contribution in [0.15, 0.2) is 113 Å². The molecule has 0 heterocycles. The van der Waals surface area contributed by atoms with Crippen molar-refractivity contribution < 1.29 is 22.7 Å². The van der Waals surface area contributed by atoms with Gasteiger partial charge in [0.05, 0.1) is 17.2 Å². The van der Waals surface area contributed by atoms with E-state index in [1.54, 1.807) is 60.7 Å². The van der Waals surface area contributed by atoms with Crippen LogP contribution in [0.3, 0.4) is 0 Å². The van der Waals surface area contributed by atoms with E-state index in [2.05, 4.69) is 5.32 Å². The molecule has 11 heteroatoms. The highest BCUT2D eigenvalue weighted by molar-refractivity contribution is 7.98. The van der Waals surface area contributed by atoms with E-state index < -0.39 is 28.5 Å². The standard InChI is InChI=1S/C34H36ClN3O5S2/c1-4-43-29-16-14-28(15-17-29)38(45(41,42)31-20-18-30(44-3)19-21-31)24-33(39)37(23-26-10-12-27(35)13-11-26)32(34(40)36-2)22-25-8-6-5-7-9-25/h5-21,32H,4,22-24H2,1-3H3,(H,36,40)/t32-/m1/s1. The molecule has 1 atom stereocenters. The van der Waals surface area contributed by atoms with E-state index in [-0.39, 0.29) is 29.5 Å². The zero-order valence-electron chi connectivity index (χ0n) is 25.4. The Morgan fingerprint density at radius 3 is 2.11 bits per heavy atom. The summed E-state index contributed by atoms with van der Waals surface area (Å²) >= 11 is 7.61. The topological polar surface area (TPSA) is 96.0 Å². The first-order valence-electron chi connectivity index (χ1n) is 14.3. The van der Waals surface area contributed by atoms with Gasteiger partial charge >= 0.3 is 0 Å². The molecule has 4 aromatic carbocycles. The predicted octanol–water partition coefficient (Wildman–Crippen LogP) is 6.04. The number of ether oxygens (including phenoxy) is 1. The predicted molar refractivity (Wildman–Crippen MR) is 180 cm³/mol. The summed E-state index contributed by atoms with van der Waals surface area (Å²) in [5.41, 5.74) is 1.87. The van der Waals surface area contributed by atoms with Crippen molar-refractivity contribution in [2.75, 3.05) is 30.8 Å². The molecule has 0 saturated heterocycles. The van der Waals surface area contributed by atoms with Gasteiger partial charge in [-0.25, -0.2) is 8.42 Å². The number of halogens is 1. The lowest BCUT2D eigenvalue weighted by Crippen LogP contribution is -2.53. The smallest absolute Gasteiger partial charge is 0.264 e. The minimum Gasteiger partial charge on any atom is -0.494 e. The van der Waals surface area contributed by atoms with Crippen molar-refractivity contribution in [3.05, 3.63) is 119 Å². The average molecular weight is 666 g/mol. The Labute approximate surface area is 274 Å². The average Bonchev–Trinajstić information content (AvgIpc) is 3.06. The number of amides is 2. The summed E-state index contributed by atoms with van der Waals surface area (Å²) in [7, 11) is -2.69. The first-order chi connectivity index (χ1) is 21.7. The molecule has 0 bridgehead atoms. The lowest BCUT2D eigenvalue weighted by molar-refractivity contribution is -0.139. The van der Waals surface area contributed by atoms with Crippen molar-refractivity contribution >= 4 is 50.9 Å².